The van der Waals surface area contributed by atoms with Gasteiger partial charge >= 0.3 is 0 Å². The molecule has 2 bridgehead atoms. The summed E-state index contributed by atoms with van der Waals surface area (Å²) in [4.78, 5) is 19.5. The fraction of sp³-hybridized carbons (Fsp3) is 0.556. The Morgan fingerprint density at radius 2 is 2.24 bits per heavy atom. The third kappa shape index (κ3) is 3.65. The van der Waals surface area contributed by atoms with Crippen LogP contribution in [-0.2, 0) is 16.1 Å². The summed E-state index contributed by atoms with van der Waals surface area (Å²) >= 11 is 3.38. The monoisotopic (exact) mass is 406 g/mol. The van der Waals surface area contributed by atoms with Gasteiger partial charge < -0.3 is 20.3 Å². The largest absolute Gasteiger partial charge is 0.373 e. The summed E-state index contributed by atoms with van der Waals surface area (Å²) in [6, 6.07) is 4.11. The SMILES string of the molecule is CN1CC=CCOCc2ccc(Br)nc2NC(=O)[C@@H]2C[C@]3(C[C@H]3N2)C1. The minimum Gasteiger partial charge on any atom is -0.373 e. The van der Waals surface area contributed by atoms with Gasteiger partial charge in [0.05, 0.1) is 19.3 Å². The van der Waals surface area contributed by atoms with Gasteiger partial charge in [-0.2, -0.15) is 0 Å². The molecule has 0 aromatic carbocycles. The molecule has 25 heavy (non-hydrogen) atoms. The molecule has 0 radical (unpaired) electrons. The summed E-state index contributed by atoms with van der Waals surface area (Å²) in [5.74, 6) is 0.570. The first-order chi connectivity index (χ1) is 12.1. The molecule has 1 aromatic rings. The van der Waals surface area contributed by atoms with E-state index in [9.17, 15) is 4.79 Å². The lowest BCUT2D eigenvalue weighted by Crippen LogP contribution is -2.38. The Hall–Kier alpha value is -1.28. The number of hydrogen-bond donors (Lipinski definition) is 2. The lowest BCUT2D eigenvalue weighted by molar-refractivity contribution is -0.118. The Kier molecular flexibility index (Phi) is 4.66. The standard InChI is InChI=1S/C18H23BrN4O2/c1-23-6-2-3-7-25-10-12-4-5-15(19)21-16(12)22-17(24)13-8-18(11-23)9-14(18)20-13/h2-5,13-14,20H,6-11H2,1H3,(H,21,22,24)/t13-,14+,18-/m0/s1. The second-order valence-corrected chi connectivity index (χ2v) is 8.17. The summed E-state index contributed by atoms with van der Waals surface area (Å²) in [6.07, 6.45) is 6.25. The number of pyridine rings is 1. The number of anilines is 1. The van der Waals surface area contributed by atoms with Crippen molar-refractivity contribution in [3.63, 3.8) is 0 Å². The van der Waals surface area contributed by atoms with Crippen molar-refractivity contribution in [2.75, 3.05) is 32.1 Å². The van der Waals surface area contributed by atoms with Crippen molar-refractivity contribution in [3.05, 3.63) is 34.5 Å². The summed E-state index contributed by atoms with van der Waals surface area (Å²) in [5.41, 5.74) is 1.13. The molecular formula is C18H23BrN4O2. The highest BCUT2D eigenvalue weighted by Gasteiger charge is 2.61. The van der Waals surface area contributed by atoms with Crippen molar-refractivity contribution in [2.45, 2.75) is 31.5 Å². The molecule has 0 unspecified atom stereocenters. The normalized spacial score (nSPS) is 33.0. The Labute approximate surface area is 156 Å². The number of rotatable bonds is 0. The first-order valence-electron chi connectivity index (χ1n) is 8.69. The van der Waals surface area contributed by atoms with Crippen LogP contribution in [0.15, 0.2) is 28.9 Å². The number of ether oxygens (including phenoxy) is 1. The average molecular weight is 407 g/mol. The van der Waals surface area contributed by atoms with Crippen molar-refractivity contribution < 1.29 is 9.53 Å². The highest BCUT2D eigenvalue weighted by atomic mass is 79.9. The predicted molar refractivity (Wildman–Crippen MR) is 99.2 cm³/mol. The van der Waals surface area contributed by atoms with E-state index in [1.807, 2.05) is 12.1 Å². The Morgan fingerprint density at radius 3 is 3.12 bits per heavy atom. The maximum atomic E-state index is 12.7. The number of hydrogen-bond acceptors (Lipinski definition) is 5. The molecule has 3 heterocycles. The number of nitrogens with zero attached hydrogens (tertiary/aromatic N) is 2. The number of amides is 1. The zero-order valence-electron chi connectivity index (χ0n) is 14.3. The van der Waals surface area contributed by atoms with Crippen LogP contribution in [-0.4, -0.2) is 54.6 Å². The highest BCUT2D eigenvalue weighted by molar-refractivity contribution is 9.10. The van der Waals surface area contributed by atoms with Crippen LogP contribution in [0.25, 0.3) is 0 Å². The Morgan fingerprint density at radius 1 is 1.36 bits per heavy atom. The molecule has 1 aromatic heterocycles. The molecule has 1 aliphatic carbocycles. The van der Waals surface area contributed by atoms with Crippen molar-refractivity contribution in [1.29, 1.82) is 0 Å². The minimum atomic E-state index is -0.151. The molecule has 2 fully saturated rings. The smallest absolute Gasteiger partial charge is 0.242 e. The number of piperidine rings is 1. The molecule has 134 valence electrons. The third-order valence-corrected chi connectivity index (χ3v) is 5.79. The van der Waals surface area contributed by atoms with Crippen LogP contribution in [0, 0.1) is 5.41 Å². The van der Waals surface area contributed by atoms with Gasteiger partial charge in [0.2, 0.25) is 5.91 Å². The molecule has 2 N–H and O–H groups in total. The first kappa shape index (κ1) is 17.1. The molecule has 1 saturated heterocycles. The van der Waals surface area contributed by atoms with Gasteiger partial charge in [0.25, 0.3) is 0 Å². The molecule has 3 atom stereocenters. The van der Waals surface area contributed by atoms with Crippen LogP contribution in [0.4, 0.5) is 5.82 Å². The third-order valence-electron chi connectivity index (χ3n) is 5.35. The van der Waals surface area contributed by atoms with E-state index in [2.05, 4.69) is 55.6 Å². The molecule has 6 nitrogen and oxygen atoms in total. The predicted octanol–water partition coefficient (Wildman–Crippen LogP) is 1.92. The van der Waals surface area contributed by atoms with Crippen LogP contribution in [0.1, 0.15) is 18.4 Å². The van der Waals surface area contributed by atoms with E-state index in [4.69, 9.17) is 4.74 Å². The maximum absolute atomic E-state index is 12.7. The summed E-state index contributed by atoms with van der Waals surface area (Å²) < 4.78 is 6.41. The summed E-state index contributed by atoms with van der Waals surface area (Å²) in [6.45, 7) is 2.88. The molecule has 4 rings (SSSR count). The average Bonchev–Trinajstić information content (AvgIpc) is 3.10. The molecule has 7 heteroatoms. The van der Waals surface area contributed by atoms with Gasteiger partial charge in [0.15, 0.2) is 0 Å². The number of halogens is 1. The second-order valence-electron chi connectivity index (χ2n) is 7.36. The van der Waals surface area contributed by atoms with Crippen LogP contribution >= 0.6 is 15.9 Å². The van der Waals surface area contributed by atoms with E-state index in [1.54, 1.807) is 0 Å². The molecule has 1 saturated carbocycles. The van der Waals surface area contributed by atoms with E-state index < -0.39 is 0 Å². The van der Waals surface area contributed by atoms with E-state index >= 15 is 0 Å². The second kappa shape index (κ2) is 6.79. The number of fused-ring (bicyclic) bond motifs is 2. The minimum absolute atomic E-state index is 0.00549. The van der Waals surface area contributed by atoms with Gasteiger partial charge in [-0.3, -0.25) is 4.79 Å². The van der Waals surface area contributed by atoms with Crippen molar-refractivity contribution in [2.24, 2.45) is 5.41 Å². The molecule has 1 amide bonds. The maximum Gasteiger partial charge on any atom is 0.242 e. The van der Waals surface area contributed by atoms with Crippen LogP contribution in [0.2, 0.25) is 0 Å². The van der Waals surface area contributed by atoms with Crippen molar-refractivity contribution >= 4 is 27.7 Å². The number of nitrogens with one attached hydrogen (secondary N) is 2. The van der Waals surface area contributed by atoms with Gasteiger partial charge in [0.1, 0.15) is 10.4 Å². The van der Waals surface area contributed by atoms with E-state index in [-0.39, 0.29) is 17.4 Å². The van der Waals surface area contributed by atoms with Gasteiger partial charge in [-0.05, 0) is 41.9 Å². The highest BCUT2D eigenvalue weighted by Crippen LogP contribution is 2.54. The zero-order valence-corrected chi connectivity index (χ0v) is 15.9. The Bertz CT molecular complexity index is 710. The molecule has 1 spiro atoms. The number of aromatic nitrogens is 1. The van der Waals surface area contributed by atoms with Crippen LogP contribution in [0.5, 0.6) is 0 Å². The fourth-order valence-corrected chi connectivity index (χ4v) is 4.29. The van der Waals surface area contributed by atoms with E-state index in [0.29, 0.717) is 29.7 Å². The van der Waals surface area contributed by atoms with Crippen molar-refractivity contribution in [1.82, 2.24) is 15.2 Å². The Balaban J connectivity index is 1.57. The van der Waals surface area contributed by atoms with Gasteiger partial charge in [0, 0.05) is 30.1 Å². The first-order valence-corrected chi connectivity index (χ1v) is 9.49. The number of likely N-dealkylation sites (N-methyl/N-ethyl adjacent to an activating group) is 1. The van der Waals surface area contributed by atoms with Gasteiger partial charge in [-0.25, -0.2) is 4.98 Å². The topological polar surface area (TPSA) is 66.5 Å². The molecule has 3 aliphatic rings. The molecular weight excluding hydrogens is 384 g/mol. The molecule has 2 aliphatic heterocycles. The van der Waals surface area contributed by atoms with Gasteiger partial charge in [-0.1, -0.05) is 18.2 Å². The number of carbonyl (C=O) groups is 1. The summed E-state index contributed by atoms with van der Waals surface area (Å²) in [7, 11) is 2.14. The van der Waals surface area contributed by atoms with Crippen molar-refractivity contribution in [3.8, 4) is 0 Å². The van der Waals surface area contributed by atoms with Crippen LogP contribution < -0.4 is 10.6 Å². The quantitative estimate of drug-likeness (QED) is 0.508. The lowest BCUT2D eigenvalue weighted by Gasteiger charge is -2.22. The van der Waals surface area contributed by atoms with E-state index in [0.717, 1.165) is 31.5 Å². The summed E-state index contributed by atoms with van der Waals surface area (Å²) in [5, 5.41) is 6.48. The van der Waals surface area contributed by atoms with Gasteiger partial charge in [-0.15, -0.1) is 0 Å². The van der Waals surface area contributed by atoms with Crippen LogP contribution in [0.3, 0.4) is 0 Å². The fourth-order valence-electron chi connectivity index (χ4n) is 3.98. The zero-order chi connectivity index (χ0) is 17.4. The lowest BCUT2D eigenvalue weighted by atomic mass is 9.98. The number of carbonyl (C=O) groups excluding carboxylic acids is 1. The van der Waals surface area contributed by atoms with E-state index in [1.165, 1.54) is 0 Å².